The molecular formula is C19H25NS. The number of hydrogen-bond acceptors (Lipinski definition) is 2. The fourth-order valence-corrected chi connectivity index (χ4v) is 4.90. The summed E-state index contributed by atoms with van der Waals surface area (Å²) in [5.41, 5.74) is 2.74. The van der Waals surface area contributed by atoms with Crippen LogP contribution in [0.4, 0.5) is 0 Å². The van der Waals surface area contributed by atoms with Crippen LogP contribution in [0.5, 0.6) is 0 Å². The van der Waals surface area contributed by atoms with Gasteiger partial charge in [-0.25, -0.2) is 0 Å². The Hall–Kier alpha value is -0.940. The zero-order valence-corrected chi connectivity index (χ0v) is 13.6. The van der Waals surface area contributed by atoms with Crippen molar-refractivity contribution in [1.29, 1.82) is 5.26 Å². The van der Waals surface area contributed by atoms with Gasteiger partial charge in [-0.2, -0.15) is 17.0 Å². The third-order valence-electron chi connectivity index (χ3n) is 5.16. The van der Waals surface area contributed by atoms with Crippen LogP contribution in [0.1, 0.15) is 56.1 Å². The lowest BCUT2D eigenvalue weighted by molar-refractivity contribution is 0.214. The van der Waals surface area contributed by atoms with Crippen molar-refractivity contribution >= 4 is 11.8 Å². The topological polar surface area (TPSA) is 23.8 Å². The van der Waals surface area contributed by atoms with Gasteiger partial charge in [-0.05, 0) is 55.4 Å². The molecule has 0 aliphatic heterocycles. The first kappa shape index (κ1) is 15.0. The maximum Gasteiger partial charge on any atom is 0.0693 e. The van der Waals surface area contributed by atoms with Gasteiger partial charge in [-0.3, -0.25) is 0 Å². The number of rotatable bonds is 6. The molecule has 0 amide bonds. The summed E-state index contributed by atoms with van der Waals surface area (Å²) in [6.45, 7) is 0. The highest BCUT2D eigenvalue weighted by Gasteiger charge is 2.36. The minimum absolute atomic E-state index is 0.0418. The monoisotopic (exact) mass is 299 g/mol. The molecule has 0 saturated heterocycles. The summed E-state index contributed by atoms with van der Waals surface area (Å²) in [6.07, 6.45) is 11.3. The van der Waals surface area contributed by atoms with Crippen molar-refractivity contribution in [3.63, 3.8) is 0 Å². The second kappa shape index (κ2) is 6.88. The fourth-order valence-electron chi connectivity index (χ4n) is 3.54. The lowest BCUT2D eigenvalue weighted by atomic mass is 9.66. The Balaban J connectivity index is 1.46. The number of hydrogen-bond donors (Lipinski definition) is 0. The lowest BCUT2D eigenvalue weighted by Crippen LogP contribution is -2.29. The van der Waals surface area contributed by atoms with Crippen LogP contribution in [0.25, 0.3) is 0 Å². The summed E-state index contributed by atoms with van der Waals surface area (Å²) in [6, 6.07) is 11.6. The Kier molecular flexibility index (Phi) is 4.91. The summed E-state index contributed by atoms with van der Waals surface area (Å²) in [7, 11) is 0. The second-order valence-corrected chi connectivity index (χ2v) is 8.17. The second-order valence-electron chi connectivity index (χ2n) is 6.77. The van der Waals surface area contributed by atoms with E-state index < -0.39 is 0 Å². The first-order valence-electron chi connectivity index (χ1n) is 8.40. The molecule has 2 saturated carbocycles. The molecule has 0 aromatic heterocycles. The molecule has 21 heavy (non-hydrogen) atoms. The Bertz CT molecular complexity index is 489. The standard InChI is InChI=1S/C19H25NS/c20-15-19(11-3-12-19)14-17-8-6-16(7-9-17)10-13-21-18-4-1-2-5-18/h6-9,18H,1-5,10-14H2. The highest BCUT2D eigenvalue weighted by Crippen LogP contribution is 2.43. The molecule has 0 heterocycles. The molecule has 2 heteroatoms. The van der Waals surface area contributed by atoms with Gasteiger partial charge in [0.2, 0.25) is 0 Å². The van der Waals surface area contributed by atoms with E-state index in [1.807, 2.05) is 0 Å². The number of nitriles is 1. The van der Waals surface area contributed by atoms with Crippen molar-refractivity contribution in [2.45, 2.75) is 63.0 Å². The molecule has 2 aliphatic carbocycles. The molecule has 0 atom stereocenters. The van der Waals surface area contributed by atoms with Crippen molar-refractivity contribution < 1.29 is 0 Å². The van der Waals surface area contributed by atoms with E-state index in [0.717, 1.165) is 24.5 Å². The van der Waals surface area contributed by atoms with E-state index in [9.17, 15) is 5.26 Å². The Morgan fingerprint density at radius 2 is 1.71 bits per heavy atom. The van der Waals surface area contributed by atoms with Crippen LogP contribution in [0.3, 0.4) is 0 Å². The van der Waals surface area contributed by atoms with Crippen LogP contribution in [0.2, 0.25) is 0 Å². The fraction of sp³-hybridized carbons (Fsp3) is 0.632. The summed E-state index contributed by atoms with van der Waals surface area (Å²) >= 11 is 2.17. The number of benzene rings is 1. The average molecular weight is 299 g/mol. The van der Waals surface area contributed by atoms with Gasteiger partial charge >= 0.3 is 0 Å². The molecule has 0 radical (unpaired) electrons. The Morgan fingerprint density at radius 1 is 1.05 bits per heavy atom. The molecule has 2 aliphatic rings. The van der Waals surface area contributed by atoms with Crippen molar-refractivity contribution in [3.8, 4) is 6.07 Å². The van der Waals surface area contributed by atoms with Gasteiger partial charge in [-0.15, -0.1) is 0 Å². The molecule has 0 N–H and O–H groups in total. The number of aryl methyl sites for hydroxylation is 1. The van der Waals surface area contributed by atoms with Gasteiger partial charge in [-0.1, -0.05) is 43.5 Å². The van der Waals surface area contributed by atoms with Crippen LogP contribution in [0, 0.1) is 16.7 Å². The van der Waals surface area contributed by atoms with E-state index in [0.29, 0.717) is 0 Å². The van der Waals surface area contributed by atoms with Crippen molar-refractivity contribution in [2.24, 2.45) is 5.41 Å². The first-order chi connectivity index (χ1) is 10.3. The summed E-state index contributed by atoms with van der Waals surface area (Å²) < 4.78 is 0. The zero-order valence-electron chi connectivity index (χ0n) is 12.8. The van der Waals surface area contributed by atoms with Crippen LogP contribution >= 0.6 is 11.8 Å². The van der Waals surface area contributed by atoms with Gasteiger partial charge in [0.15, 0.2) is 0 Å². The lowest BCUT2D eigenvalue weighted by Gasteiger charge is -2.35. The van der Waals surface area contributed by atoms with Crippen LogP contribution in [-0.2, 0) is 12.8 Å². The molecule has 1 aromatic carbocycles. The van der Waals surface area contributed by atoms with Gasteiger partial charge in [0, 0.05) is 5.25 Å². The van der Waals surface area contributed by atoms with E-state index >= 15 is 0 Å². The van der Waals surface area contributed by atoms with E-state index in [2.05, 4.69) is 42.1 Å². The predicted octanol–water partition coefficient (Wildman–Crippen LogP) is 5.14. The van der Waals surface area contributed by atoms with Gasteiger partial charge in [0.05, 0.1) is 11.5 Å². The zero-order chi connectivity index (χ0) is 14.5. The Labute approximate surface area is 133 Å². The van der Waals surface area contributed by atoms with E-state index in [4.69, 9.17) is 0 Å². The van der Waals surface area contributed by atoms with Crippen molar-refractivity contribution in [3.05, 3.63) is 35.4 Å². The van der Waals surface area contributed by atoms with Crippen molar-refractivity contribution in [1.82, 2.24) is 0 Å². The SMILES string of the molecule is N#CC1(Cc2ccc(CCSC3CCCC3)cc2)CCC1. The summed E-state index contributed by atoms with van der Waals surface area (Å²) in [5, 5.41) is 10.2. The third-order valence-corrected chi connectivity index (χ3v) is 6.54. The summed E-state index contributed by atoms with van der Waals surface area (Å²) in [4.78, 5) is 0. The van der Waals surface area contributed by atoms with E-state index in [1.54, 1.807) is 0 Å². The molecule has 2 fully saturated rings. The molecular weight excluding hydrogens is 274 g/mol. The highest BCUT2D eigenvalue weighted by atomic mass is 32.2. The van der Waals surface area contributed by atoms with Crippen LogP contribution in [-0.4, -0.2) is 11.0 Å². The van der Waals surface area contributed by atoms with Gasteiger partial charge < -0.3 is 0 Å². The maximum atomic E-state index is 9.32. The van der Waals surface area contributed by atoms with Crippen LogP contribution in [0.15, 0.2) is 24.3 Å². The van der Waals surface area contributed by atoms with Gasteiger partial charge in [0.25, 0.3) is 0 Å². The molecule has 3 rings (SSSR count). The van der Waals surface area contributed by atoms with E-state index in [1.165, 1.54) is 55.4 Å². The molecule has 1 aromatic rings. The smallest absolute Gasteiger partial charge is 0.0693 e. The molecule has 0 bridgehead atoms. The number of nitrogens with zero attached hydrogens (tertiary/aromatic N) is 1. The minimum Gasteiger partial charge on any atom is -0.198 e. The molecule has 0 spiro atoms. The molecule has 0 unspecified atom stereocenters. The third kappa shape index (κ3) is 3.83. The minimum atomic E-state index is -0.0418. The van der Waals surface area contributed by atoms with E-state index in [-0.39, 0.29) is 5.41 Å². The molecule has 112 valence electrons. The van der Waals surface area contributed by atoms with Gasteiger partial charge in [0.1, 0.15) is 0 Å². The largest absolute Gasteiger partial charge is 0.198 e. The number of thioether (sulfide) groups is 1. The first-order valence-corrected chi connectivity index (χ1v) is 9.45. The maximum absolute atomic E-state index is 9.32. The molecule has 1 nitrogen and oxygen atoms in total. The van der Waals surface area contributed by atoms with Crippen LogP contribution < -0.4 is 0 Å². The van der Waals surface area contributed by atoms with Crippen molar-refractivity contribution in [2.75, 3.05) is 5.75 Å². The average Bonchev–Trinajstić information content (AvgIpc) is 2.98. The summed E-state index contributed by atoms with van der Waals surface area (Å²) in [5.74, 6) is 1.26. The normalized spacial score (nSPS) is 20.9. The highest BCUT2D eigenvalue weighted by molar-refractivity contribution is 7.99. The quantitative estimate of drug-likeness (QED) is 0.726. The predicted molar refractivity (Wildman–Crippen MR) is 90.5 cm³/mol. The Morgan fingerprint density at radius 3 is 2.29 bits per heavy atom.